The molecule has 0 saturated heterocycles. The molecule has 9 heavy (non-hydrogen) atoms. The summed E-state index contributed by atoms with van der Waals surface area (Å²) in [4.78, 5) is 9.70. The predicted octanol–water partition coefficient (Wildman–Crippen LogP) is 0.0666. The Kier molecular flexibility index (Phi) is 12.6. The van der Waals surface area contributed by atoms with Crippen LogP contribution in [0.25, 0.3) is 0 Å². The molecule has 0 aliphatic heterocycles. The second kappa shape index (κ2) is 10.3. The fraction of sp³-hybridized carbons (Fsp3) is 0.800. The van der Waals surface area contributed by atoms with Crippen molar-refractivity contribution in [1.29, 1.82) is 0 Å². The van der Waals surface area contributed by atoms with Gasteiger partial charge in [0.25, 0.3) is 0 Å². The number of amides is 1. The van der Waals surface area contributed by atoms with Gasteiger partial charge in [0, 0.05) is 6.54 Å². The Hall–Kier alpha value is -0.770. The van der Waals surface area contributed by atoms with Gasteiger partial charge < -0.3 is 16.2 Å². The van der Waals surface area contributed by atoms with E-state index in [4.69, 9.17) is 5.73 Å². The van der Waals surface area contributed by atoms with Gasteiger partial charge in [-0.25, -0.2) is 4.79 Å². The van der Waals surface area contributed by atoms with Crippen molar-refractivity contribution in [3.63, 3.8) is 0 Å². The molecule has 0 aliphatic carbocycles. The van der Waals surface area contributed by atoms with E-state index in [0.717, 1.165) is 0 Å². The summed E-state index contributed by atoms with van der Waals surface area (Å²) in [6.07, 6.45) is -0.773. The van der Waals surface area contributed by atoms with Crippen molar-refractivity contribution < 1.29 is 9.53 Å². The van der Waals surface area contributed by atoms with E-state index in [2.05, 4.69) is 10.5 Å². The maximum Gasteiger partial charge on any atom is 0.404 e. The summed E-state index contributed by atoms with van der Waals surface area (Å²) in [7, 11) is 0. The van der Waals surface area contributed by atoms with Crippen LogP contribution < -0.4 is 11.5 Å². The molecule has 0 aromatic carbocycles. The molecule has 0 aromatic rings. The summed E-state index contributed by atoms with van der Waals surface area (Å²) in [6.45, 7) is 4.53. The summed E-state index contributed by atoms with van der Waals surface area (Å²) < 4.78 is 4.20. The highest BCUT2D eigenvalue weighted by molar-refractivity contribution is 5.64. The van der Waals surface area contributed by atoms with Crippen molar-refractivity contribution in [3.05, 3.63) is 0 Å². The summed E-state index contributed by atoms with van der Waals surface area (Å²) in [6, 6.07) is 0. The van der Waals surface area contributed by atoms with Gasteiger partial charge in [-0.3, -0.25) is 0 Å². The van der Waals surface area contributed by atoms with Gasteiger partial charge in [-0.1, -0.05) is 13.8 Å². The molecule has 4 heteroatoms. The molecule has 0 aromatic heterocycles. The van der Waals surface area contributed by atoms with Gasteiger partial charge in [-0.2, -0.15) is 0 Å². The average molecular weight is 134 g/mol. The third-order valence-electron chi connectivity index (χ3n) is 0.362. The van der Waals surface area contributed by atoms with Crippen LogP contribution in [0.5, 0.6) is 0 Å². The first-order chi connectivity index (χ1) is 4.27. The van der Waals surface area contributed by atoms with E-state index in [0.29, 0.717) is 6.54 Å². The van der Waals surface area contributed by atoms with E-state index in [9.17, 15) is 4.79 Å². The van der Waals surface area contributed by atoms with Crippen molar-refractivity contribution in [2.24, 2.45) is 11.5 Å². The van der Waals surface area contributed by atoms with Gasteiger partial charge in [0.2, 0.25) is 0 Å². The van der Waals surface area contributed by atoms with E-state index in [1.54, 1.807) is 0 Å². The third-order valence-corrected chi connectivity index (χ3v) is 0.362. The van der Waals surface area contributed by atoms with E-state index in [1.807, 2.05) is 13.8 Å². The van der Waals surface area contributed by atoms with Crippen LogP contribution in [0.1, 0.15) is 13.8 Å². The van der Waals surface area contributed by atoms with Crippen LogP contribution in [-0.2, 0) is 4.74 Å². The molecule has 4 N–H and O–H groups in total. The zero-order valence-electron chi connectivity index (χ0n) is 5.89. The number of nitrogens with two attached hydrogens (primary N) is 2. The molecule has 1 amide bonds. The number of rotatable bonds is 2. The molecule has 0 aliphatic rings. The largest absolute Gasteiger partial charge is 0.448 e. The molecule has 0 heterocycles. The van der Waals surface area contributed by atoms with Crippen LogP contribution in [0.15, 0.2) is 0 Å². The lowest BCUT2D eigenvalue weighted by Crippen LogP contribution is -2.18. The van der Waals surface area contributed by atoms with Gasteiger partial charge in [0.15, 0.2) is 0 Å². The molecule has 0 fully saturated rings. The minimum Gasteiger partial charge on any atom is -0.448 e. The normalized spacial score (nSPS) is 7.00. The minimum absolute atomic E-state index is 0.204. The Labute approximate surface area is 55.2 Å². The number of carbonyl (C=O) groups is 1. The molecule has 0 unspecified atom stereocenters. The van der Waals surface area contributed by atoms with Gasteiger partial charge in [0.1, 0.15) is 6.61 Å². The fourth-order valence-corrected chi connectivity index (χ4v) is 0.160. The first kappa shape index (κ1) is 11.1. The van der Waals surface area contributed by atoms with Crippen LogP contribution in [0.3, 0.4) is 0 Å². The minimum atomic E-state index is -0.773. The van der Waals surface area contributed by atoms with Crippen molar-refractivity contribution >= 4 is 6.09 Å². The smallest absolute Gasteiger partial charge is 0.404 e. The van der Waals surface area contributed by atoms with Crippen LogP contribution >= 0.6 is 0 Å². The molecule has 0 saturated carbocycles. The average Bonchev–Trinajstić information content (AvgIpc) is 1.88. The van der Waals surface area contributed by atoms with E-state index in [-0.39, 0.29) is 6.61 Å². The van der Waals surface area contributed by atoms with Crippen LogP contribution in [0.4, 0.5) is 4.79 Å². The highest BCUT2D eigenvalue weighted by Crippen LogP contribution is 1.66. The Balaban J connectivity index is 0. The molecular weight excluding hydrogens is 120 g/mol. The Morgan fingerprint density at radius 3 is 2.11 bits per heavy atom. The maximum atomic E-state index is 9.70. The molecule has 0 spiro atoms. The summed E-state index contributed by atoms with van der Waals surface area (Å²) in [5, 5.41) is 0. The first-order valence-electron chi connectivity index (χ1n) is 2.89. The second-order valence-electron chi connectivity index (χ2n) is 0.956. The number of carbonyl (C=O) groups excluding carboxylic acids is 1. The Morgan fingerprint density at radius 1 is 1.56 bits per heavy atom. The molecule has 4 nitrogen and oxygen atoms in total. The number of primary amides is 1. The molecular formula is C5H14N2O2. The van der Waals surface area contributed by atoms with Gasteiger partial charge in [-0.15, -0.1) is 0 Å². The number of hydrogen-bond donors (Lipinski definition) is 2. The highest BCUT2D eigenvalue weighted by Gasteiger charge is 1.86. The molecule has 56 valence electrons. The first-order valence-corrected chi connectivity index (χ1v) is 2.89. The van der Waals surface area contributed by atoms with Crippen molar-refractivity contribution in [3.8, 4) is 0 Å². The third kappa shape index (κ3) is 19.0. The lowest BCUT2D eigenvalue weighted by Gasteiger charge is -1.93. The van der Waals surface area contributed by atoms with E-state index in [1.165, 1.54) is 0 Å². The van der Waals surface area contributed by atoms with Gasteiger partial charge >= 0.3 is 6.09 Å². The van der Waals surface area contributed by atoms with Crippen molar-refractivity contribution in [2.75, 3.05) is 13.2 Å². The zero-order valence-corrected chi connectivity index (χ0v) is 5.89. The standard InChI is InChI=1S/C3H8N2O2.C2H6/c4-1-2-7-3(5)6;1-2/h1-2,4H2,(H2,5,6);1-2H3. The van der Waals surface area contributed by atoms with E-state index >= 15 is 0 Å². The maximum absolute atomic E-state index is 9.70. The lowest BCUT2D eigenvalue weighted by atomic mass is 10.7. The molecule has 0 rings (SSSR count). The Bertz CT molecular complexity index is 66.0. The zero-order chi connectivity index (χ0) is 7.70. The second-order valence-corrected chi connectivity index (χ2v) is 0.956. The van der Waals surface area contributed by atoms with Gasteiger partial charge in [-0.05, 0) is 0 Å². The van der Waals surface area contributed by atoms with E-state index < -0.39 is 6.09 Å². The predicted molar refractivity (Wildman–Crippen MR) is 35.9 cm³/mol. The summed E-state index contributed by atoms with van der Waals surface area (Å²) in [5.41, 5.74) is 9.51. The van der Waals surface area contributed by atoms with Gasteiger partial charge in [0.05, 0.1) is 0 Å². The summed E-state index contributed by atoms with van der Waals surface area (Å²) >= 11 is 0. The number of ether oxygens (including phenoxy) is 1. The molecule has 0 atom stereocenters. The van der Waals surface area contributed by atoms with Crippen LogP contribution in [0.2, 0.25) is 0 Å². The fourth-order valence-electron chi connectivity index (χ4n) is 0.160. The van der Waals surface area contributed by atoms with Crippen LogP contribution in [0, 0.1) is 0 Å². The topological polar surface area (TPSA) is 78.3 Å². The van der Waals surface area contributed by atoms with Crippen molar-refractivity contribution in [1.82, 2.24) is 0 Å². The highest BCUT2D eigenvalue weighted by atomic mass is 16.5. The molecule has 0 bridgehead atoms. The SMILES string of the molecule is CC.NCCOC(N)=O. The summed E-state index contributed by atoms with van der Waals surface area (Å²) in [5.74, 6) is 0. The monoisotopic (exact) mass is 134 g/mol. The quantitative estimate of drug-likeness (QED) is 0.560. The number of hydrogen-bond acceptors (Lipinski definition) is 3. The Morgan fingerprint density at radius 2 is 2.00 bits per heavy atom. The lowest BCUT2D eigenvalue weighted by molar-refractivity contribution is 0.160. The van der Waals surface area contributed by atoms with Crippen LogP contribution in [-0.4, -0.2) is 19.2 Å². The van der Waals surface area contributed by atoms with Crippen molar-refractivity contribution in [2.45, 2.75) is 13.8 Å². The molecule has 0 radical (unpaired) electrons.